The third kappa shape index (κ3) is 4.24. The normalized spacial score (nSPS) is 11.4. The van der Waals surface area contributed by atoms with Crippen LogP contribution >= 0.6 is 0 Å². The Balaban J connectivity index is 1.94. The number of aromatic nitrogens is 3. The third-order valence-corrected chi connectivity index (χ3v) is 5.23. The third-order valence-electron chi connectivity index (χ3n) is 5.23. The second-order valence-electron chi connectivity index (χ2n) is 7.65. The predicted octanol–water partition coefficient (Wildman–Crippen LogP) is 1.95. The Morgan fingerprint density at radius 1 is 1.17 bits per heavy atom. The van der Waals surface area contributed by atoms with Crippen LogP contribution in [0.4, 0.5) is 0 Å². The Morgan fingerprint density at radius 2 is 1.86 bits per heavy atom. The predicted molar refractivity (Wildman–Crippen MR) is 116 cm³/mol. The Morgan fingerprint density at radius 3 is 2.52 bits per heavy atom. The van der Waals surface area contributed by atoms with Gasteiger partial charge >= 0.3 is 0 Å². The first-order valence-electron chi connectivity index (χ1n) is 9.86. The summed E-state index contributed by atoms with van der Waals surface area (Å²) in [5, 5.41) is 8.57. The van der Waals surface area contributed by atoms with Crippen LogP contribution in [-0.4, -0.2) is 52.3 Å². The molecule has 0 saturated heterocycles. The van der Waals surface area contributed by atoms with Gasteiger partial charge in [0.15, 0.2) is 0 Å². The van der Waals surface area contributed by atoms with Crippen molar-refractivity contribution >= 4 is 16.9 Å². The highest BCUT2D eigenvalue weighted by Crippen LogP contribution is 2.25. The molecule has 29 heavy (non-hydrogen) atoms. The van der Waals surface area contributed by atoms with Crippen molar-refractivity contribution in [3.63, 3.8) is 0 Å². The van der Waals surface area contributed by atoms with E-state index in [-0.39, 0.29) is 11.5 Å². The van der Waals surface area contributed by atoms with E-state index in [2.05, 4.69) is 10.4 Å². The number of carbonyl (C=O) groups is 1. The number of hydrogen-bond acceptors (Lipinski definition) is 4. The zero-order chi connectivity index (χ0) is 21.1. The van der Waals surface area contributed by atoms with Gasteiger partial charge in [0, 0.05) is 37.5 Å². The van der Waals surface area contributed by atoms with Crippen molar-refractivity contribution in [2.75, 3.05) is 27.2 Å². The molecule has 0 aliphatic rings. The summed E-state index contributed by atoms with van der Waals surface area (Å²) in [6.45, 7) is 5.30. The van der Waals surface area contributed by atoms with Crippen LogP contribution in [0, 0.1) is 13.8 Å². The average molecular weight is 396 g/mol. The van der Waals surface area contributed by atoms with Crippen molar-refractivity contribution in [2.45, 2.75) is 26.7 Å². The van der Waals surface area contributed by atoms with E-state index in [9.17, 15) is 9.59 Å². The fourth-order valence-electron chi connectivity index (χ4n) is 3.66. The van der Waals surface area contributed by atoms with Crippen molar-refractivity contribution in [2.24, 2.45) is 7.05 Å². The molecule has 7 nitrogen and oxygen atoms in total. The van der Waals surface area contributed by atoms with Crippen LogP contribution in [-0.2, 0) is 18.3 Å². The van der Waals surface area contributed by atoms with E-state index in [0.29, 0.717) is 24.9 Å². The number of nitrogens with zero attached hydrogens (tertiary/aromatic N) is 4. The first-order chi connectivity index (χ1) is 13.8. The van der Waals surface area contributed by atoms with Gasteiger partial charge in [0.05, 0.1) is 11.4 Å². The van der Waals surface area contributed by atoms with E-state index >= 15 is 0 Å². The molecule has 1 amide bonds. The van der Waals surface area contributed by atoms with Gasteiger partial charge < -0.3 is 10.2 Å². The molecule has 0 radical (unpaired) electrons. The van der Waals surface area contributed by atoms with E-state index < -0.39 is 0 Å². The first-order valence-corrected chi connectivity index (χ1v) is 9.86. The number of aryl methyl sites for hydroxylation is 3. The van der Waals surface area contributed by atoms with Gasteiger partial charge in [0.2, 0.25) is 5.91 Å². The molecule has 0 bridgehead atoms. The summed E-state index contributed by atoms with van der Waals surface area (Å²) in [6.07, 6.45) is 0.707. The lowest BCUT2D eigenvalue weighted by Gasteiger charge is -2.13. The molecule has 7 heteroatoms. The molecule has 3 aromatic rings. The number of amides is 1. The average Bonchev–Trinajstić information content (AvgIpc) is 3.04. The minimum absolute atomic E-state index is 0.0369. The molecule has 3 rings (SSSR count). The van der Waals surface area contributed by atoms with E-state index in [4.69, 9.17) is 0 Å². The molecule has 0 aliphatic carbocycles. The molecular weight excluding hydrogens is 366 g/mol. The van der Waals surface area contributed by atoms with E-state index in [1.165, 1.54) is 0 Å². The molecule has 0 saturated carbocycles. The molecule has 1 aromatic carbocycles. The Hall–Kier alpha value is -2.93. The second kappa shape index (κ2) is 8.61. The summed E-state index contributed by atoms with van der Waals surface area (Å²) in [5.41, 5.74) is 4.06. The SMILES string of the molecule is Cc1nn(-c2ccccc2)c2c1c(C)c(CCC(=O)NCCN(C)C)c(=O)n2C. The van der Waals surface area contributed by atoms with Gasteiger partial charge in [-0.3, -0.25) is 14.2 Å². The first kappa shape index (κ1) is 20.8. The van der Waals surface area contributed by atoms with Gasteiger partial charge in [-0.05, 0) is 52.1 Å². The van der Waals surface area contributed by atoms with Gasteiger partial charge in [-0.15, -0.1) is 0 Å². The topological polar surface area (TPSA) is 72.2 Å². The van der Waals surface area contributed by atoms with Gasteiger partial charge in [-0.1, -0.05) is 18.2 Å². The Kier molecular flexibility index (Phi) is 6.17. The summed E-state index contributed by atoms with van der Waals surface area (Å²) >= 11 is 0. The van der Waals surface area contributed by atoms with E-state index in [0.717, 1.165) is 34.5 Å². The van der Waals surface area contributed by atoms with E-state index in [1.807, 2.05) is 67.9 Å². The number of likely N-dealkylation sites (N-methyl/N-ethyl adjacent to an activating group) is 1. The minimum atomic E-state index is -0.0758. The Labute approximate surface area is 170 Å². The summed E-state index contributed by atoms with van der Waals surface area (Å²) in [5.74, 6) is -0.0369. The van der Waals surface area contributed by atoms with Crippen LogP contribution in [0.25, 0.3) is 16.7 Å². The van der Waals surface area contributed by atoms with Crippen molar-refractivity contribution in [3.8, 4) is 5.69 Å². The molecule has 0 unspecified atom stereocenters. The van der Waals surface area contributed by atoms with Crippen molar-refractivity contribution in [1.82, 2.24) is 24.6 Å². The maximum atomic E-state index is 13.1. The highest BCUT2D eigenvalue weighted by molar-refractivity contribution is 5.85. The van der Waals surface area contributed by atoms with Crippen LogP contribution in [0.15, 0.2) is 35.1 Å². The van der Waals surface area contributed by atoms with Crippen molar-refractivity contribution in [1.29, 1.82) is 0 Å². The van der Waals surface area contributed by atoms with Crippen molar-refractivity contribution < 1.29 is 4.79 Å². The zero-order valence-corrected chi connectivity index (χ0v) is 17.8. The van der Waals surface area contributed by atoms with Crippen LogP contribution in [0.1, 0.15) is 23.2 Å². The monoisotopic (exact) mass is 395 g/mol. The lowest BCUT2D eigenvalue weighted by atomic mass is 10.0. The maximum Gasteiger partial charge on any atom is 0.255 e. The van der Waals surface area contributed by atoms with Gasteiger partial charge in [0.1, 0.15) is 5.65 Å². The fraction of sp³-hybridized carbons (Fsp3) is 0.409. The smallest absolute Gasteiger partial charge is 0.255 e. The summed E-state index contributed by atoms with van der Waals surface area (Å²) < 4.78 is 3.46. The zero-order valence-electron chi connectivity index (χ0n) is 17.8. The summed E-state index contributed by atoms with van der Waals surface area (Å²) in [4.78, 5) is 27.3. The largest absolute Gasteiger partial charge is 0.355 e. The molecule has 1 N–H and O–H groups in total. The number of para-hydroxylation sites is 1. The molecule has 0 spiro atoms. The van der Waals surface area contributed by atoms with Crippen LogP contribution in [0.5, 0.6) is 0 Å². The number of carbonyl (C=O) groups excluding carboxylic acids is 1. The number of hydrogen-bond donors (Lipinski definition) is 1. The summed E-state index contributed by atoms with van der Waals surface area (Å²) in [6, 6.07) is 9.79. The molecule has 0 atom stereocenters. The van der Waals surface area contributed by atoms with Gasteiger partial charge in [0.25, 0.3) is 5.56 Å². The highest BCUT2D eigenvalue weighted by atomic mass is 16.1. The summed E-state index contributed by atoms with van der Waals surface area (Å²) in [7, 11) is 5.70. The maximum absolute atomic E-state index is 13.1. The number of rotatable bonds is 7. The van der Waals surface area contributed by atoms with Gasteiger partial charge in [-0.25, -0.2) is 4.68 Å². The molecule has 0 aliphatic heterocycles. The molecule has 0 fully saturated rings. The number of pyridine rings is 1. The van der Waals surface area contributed by atoms with E-state index in [1.54, 1.807) is 11.6 Å². The minimum Gasteiger partial charge on any atom is -0.355 e. The quantitative estimate of drug-likeness (QED) is 0.664. The Bertz CT molecular complexity index is 1080. The number of fused-ring (bicyclic) bond motifs is 1. The molecule has 154 valence electrons. The number of nitrogens with one attached hydrogen (secondary N) is 1. The van der Waals surface area contributed by atoms with Crippen LogP contribution in [0.3, 0.4) is 0 Å². The fourth-order valence-corrected chi connectivity index (χ4v) is 3.66. The number of benzene rings is 1. The molecule has 2 aromatic heterocycles. The lowest BCUT2D eigenvalue weighted by molar-refractivity contribution is -0.121. The van der Waals surface area contributed by atoms with Crippen LogP contribution < -0.4 is 10.9 Å². The highest BCUT2D eigenvalue weighted by Gasteiger charge is 2.20. The molecule has 2 heterocycles. The standard InChI is InChI=1S/C22H29N5O2/c1-15-18(11-12-19(28)23-13-14-25(3)4)22(29)26(5)21-20(15)16(2)24-27(21)17-9-7-6-8-10-17/h6-10H,11-14H2,1-5H3,(H,23,28). The van der Waals surface area contributed by atoms with Gasteiger partial charge in [-0.2, -0.15) is 5.10 Å². The van der Waals surface area contributed by atoms with Crippen LogP contribution in [0.2, 0.25) is 0 Å². The van der Waals surface area contributed by atoms with Crippen molar-refractivity contribution in [3.05, 3.63) is 57.5 Å². The molecular formula is C22H29N5O2. The second-order valence-corrected chi connectivity index (χ2v) is 7.65. The lowest BCUT2D eigenvalue weighted by Crippen LogP contribution is -2.32.